The number of hydrogen-bond donors (Lipinski definition) is 1. The lowest BCUT2D eigenvalue weighted by atomic mass is 10.2. The Morgan fingerprint density at radius 2 is 1.74 bits per heavy atom. The van der Waals surface area contributed by atoms with E-state index in [-0.39, 0.29) is 12.4 Å². The van der Waals surface area contributed by atoms with E-state index < -0.39 is 15.9 Å². The summed E-state index contributed by atoms with van der Waals surface area (Å²) in [6.07, 6.45) is 0.740. The highest BCUT2D eigenvalue weighted by atomic mass is 32.2. The number of piperazine rings is 1. The SMILES string of the molecule is CS(=O)(=O)CCN1CCN(C[C@@H](O)COc2ccccc2)CC1. The minimum Gasteiger partial charge on any atom is -0.491 e. The van der Waals surface area contributed by atoms with Crippen LogP contribution in [0.3, 0.4) is 0 Å². The van der Waals surface area contributed by atoms with Crippen LogP contribution in [-0.4, -0.2) is 87.3 Å². The lowest BCUT2D eigenvalue weighted by Gasteiger charge is -2.35. The molecule has 7 heteroatoms. The second-order valence-electron chi connectivity index (χ2n) is 6.05. The average Bonchev–Trinajstić information content (AvgIpc) is 2.53. The van der Waals surface area contributed by atoms with Gasteiger partial charge in [0.05, 0.1) is 5.75 Å². The molecule has 0 aromatic heterocycles. The number of para-hydroxylation sites is 1. The number of nitrogens with zero attached hydrogens (tertiary/aromatic N) is 2. The van der Waals surface area contributed by atoms with Gasteiger partial charge in [-0.25, -0.2) is 8.42 Å². The Morgan fingerprint density at radius 3 is 2.35 bits per heavy atom. The van der Waals surface area contributed by atoms with Gasteiger partial charge in [0, 0.05) is 45.5 Å². The van der Waals surface area contributed by atoms with Crippen LogP contribution in [0.1, 0.15) is 0 Å². The first-order valence-corrected chi connectivity index (χ1v) is 9.97. The molecule has 0 saturated carbocycles. The third-order valence-corrected chi connectivity index (χ3v) is 4.82. The smallest absolute Gasteiger partial charge is 0.148 e. The fourth-order valence-electron chi connectivity index (χ4n) is 2.55. The number of ether oxygens (including phenoxy) is 1. The number of benzene rings is 1. The van der Waals surface area contributed by atoms with Crippen molar-refractivity contribution in [1.82, 2.24) is 9.80 Å². The first-order valence-electron chi connectivity index (χ1n) is 7.91. The zero-order chi connectivity index (χ0) is 16.7. The van der Waals surface area contributed by atoms with Crippen molar-refractivity contribution in [3.63, 3.8) is 0 Å². The second kappa shape index (κ2) is 8.63. The van der Waals surface area contributed by atoms with Gasteiger partial charge in [-0.15, -0.1) is 0 Å². The summed E-state index contributed by atoms with van der Waals surface area (Å²) in [5.41, 5.74) is 0. The lowest BCUT2D eigenvalue weighted by molar-refractivity contribution is 0.0472. The number of β-amino-alcohol motifs (C(OH)–C–C–N with tert-alkyl or cyclic N) is 1. The third kappa shape index (κ3) is 7.30. The largest absolute Gasteiger partial charge is 0.491 e. The van der Waals surface area contributed by atoms with Gasteiger partial charge in [-0.3, -0.25) is 9.80 Å². The van der Waals surface area contributed by atoms with Crippen molar-refractivity contribution in [3.8, 4) is 5.75 Å². The maximum absolute atomic E-state index is 11.2. The van der Waals surface area contributed by atoms with Crippen molar-refractivity contribution in [2.45, 2.75) is 6.10 Å². The van der Waals surface area contributed by atoms with E-state index in [1.165, 1.54) is 6.26 Å². The molecule has 6 nitrogen and oxygen atoms in total. The van der Waals surface area contributed by atoms with Crippen LogP contribution in [0.2, 0.25) is 0 Å². The summed E-state index contributed by atoms with van der Waals surface area (Å²) in [6, 6.07) is 9.46. The predicted octanol–water partition coefficient (Wildman–Crippen LogP) is 0.0885. The van der Waals surface area contributed by atoms with Crippen LogP contribution in [0.5, 0.6) is 5.75 Å². The number of aliphatic hydroxyl groups is 1. The molecular formula is C16H26N2O4S. The van der Waals surface area contributed by atoms with Crippen LogP contribution in [0.25, 0.3) is 0 Å². The Hall–Kier alpha value is -1.15. The van der Waals surface area contributed by atoms with E-state index in [9.17, 15) is 13.5 Å². The van der Waals surface area contributed by atoms with Crippen LogP contribution in [-0.2, 0) is 9.84 Å². The average molecular weight is 342 g/mol. The maximum Gasteiger partial charge on any atom is 0.148 e. The van der Waals surface area contributed by atoms with E-state index >= 15 is 0 Å². The van der Waals surface area contributed by atoms with Gasteiger partial charge in [0.1, 0.15) is 28.3 Å². The van der Waals surface area contributed by atoms with E-state index in [4.69, 9.17) is 4.74 Å². The Balaban J connectivity index is 1.63. The normalized spacial score (nSPS) is 18.7. The summed E-state index contributed by atoms with van der Waals surface area (Å²) in [4.78, 5) is 4.35. The van der Waals surface area contributed by atoms with E-state index in [1.54, 1.807) is 0 Å². The van der Waals surface area contributed by atoms with Crippen LogP contribution >= 0.6 is 0 Å². The molecule has 1 aliphatic rings. The Morgan fingerprint density at radius 1 is 1.13 bits per heavy atom. The summed E-state index contributed by atoms with van der Waals surface area (Å²) >= 11 is 0. The highest BCUT2D eigenvalue weighted by molar-refractivity contribution is 7.90. The minimum atomic E-state index is -2.90. The monoisotopic (exact) mass is 342 g/mol. The zero-order valence-corrected chi connectivity index (χ0v) is 14.4. The molecule has 0 bridgehead atoms. The number of rotatable bonds is 8. The molecule has 130 valence electrons. The first kappa shape index (κ1) is 18.2. The quantitative estimate of drug-likeness (QED) is 0.722. The Bertz CT molecular complexity index is 557. The highest BCUT2D eigenvalue weighted by Crippen LogP contribution is 2.09. The third-order valence-electron chi connectivity index (χ3n) is 3.90. The van der Waals surface area contributed by atoms with Gasteiger partial charge in [-0.05, 0) is 12.1 Å². The van der Waals surface area contributed by atoms with Gasteiger partial charge >= 0.3 is 0 Å². The molecule has 23 heavy (non-hydrogen) atoms. The molecule has 0 radical (unpaired) electrons. The summed E-state index contributed by atoms with van der Waals surface area (Å²) in [5, 5.41) is 10.1. The maximum atomic E-state index is 11.2. The molecule has 0 amide bonds. The van der Waals surface area contributed by atoms with Crippen molar-refractivity contribution < 1.29 is 18.3 Å². The molecule has 1 saturated heterocycles. The predicted molar refractivity (Wildman–Crippen MR) is 90.5 cm³/mol. The molecule has 1 aromatic rings. The van der Waals surface area contributed by atoms with Crippen molar-refractivity contribution >= 4 is 9.84 Å². The van der Waals surface area contributed by atoms with E-state index in [2.05, 4.69) is 9.80 Å². The number of hydrogen-bond acceptors (Lipinski definition) is 6. The van der Waals surface area contributed by atoms with Crippen molar-refractivity contribution in [2.24, 2.45) is 0 Å². The molecule has 0 spiro atoms. The summed E-state index contributed by atoms with van der Waals surface area (Å²) < 4.78 is 27.9. The van der Waals surface area contributed by atoms with Crippen molar-refractivity contribution in [1.29, 1.82) is 0 Å². The van der Waals surface area contributed by atoms with Crippen molar-refractivity contribution in [3.05, 3.63) is 30.3 Å². The second-order valence-corrected chi connectivity index (χ2v) is 8.31. The van der Waals surface area contributed by atoms with Gasteiger partial charge < -0.3 is 9.84 Å². The van der Waals surface area contributed by atoms with Gasteiger partial charge in [-0.2, -0.15) is 0 Å². The summed E-state index contributed by atoms with van der Waals surface area (Å²) in [6.45, 7) is 4.79. The zero-order valence-electron chi connectivity index (χ0n) is 13.6. The van der Waals surface area contributed by atoms with Gasteiger partial charge in [0.15, 0.2) is 0 Å². The van der Waals surface area contributed by atoms with E-state index in [0.717, 1.165) is 31.9 Å². The molecule has 2 rings (SSSR count). The molecule has 1 heterocycles. The van der Waals surface area contributed by atoms with Crippen LogP contribution in [0, 0.1) is 0 Å². The van der Waals surface area contributed by atoms with Crippen LogP contribution in [0.4, 0.5) is 0 Å². The Kier molecular flexibility index (Phi) is 6.83. The first-order chi connectivity index (χ1) is 10.9. The highest BCUT2D eigenvalue weighted by Gasteiger charge is 2.20. The van der Waals surface area contributed by atoms with Gasteiger partial charge in [0.2, 0.25) is 0 Å². The molecule has 1 atom stereocenters. The molecule has 0 unspecified atom stereocenters. The van der Waals surface area contributed by atoms with Crippen LogP contribution < -0.4 is 4.74 Å². The number of aliphatic hydroxyl groups excluding tert-OH is 1. The molecule has 1 aliphatic heterocycles. The van der Waals surface area contributed by atoms with E-state index in [0.29, 0.717) is 13.1 Å². The van der Waals surface area contributed by atoms with E-state index in [1.807, 2.05) is 30.3 Å². The molecule has 0 aliphatic carbocycles. The topological polar surface area (TPSA) is 70.1 Å². The fraction of sp³-hybridized carbons (Fsp3) is 0.625. The number of sulfone groups is 1. The minimum absolute atomic E-state index is 0.209. The molecule has 1 aromatic carbocycles. The summed E-state index contributed by atoms with van der Waals surface area (Å²) in [7, 11) is -2.90. The molecular weight excluding hydrogens is 316 g/mol. The van der Waals surface area contributed by atoms with Crippen LogP contribution in [0.15, 0.2) is 30.3 Å². The summed E-state index contributed by atoms with van der Waals surface area (Å²) in [5.74, 6) is 0.970. The fourth-order valence-corrected chi connectivity index (χ4v) is 3.14. The van der Waals surface area contributed by atoms with Gasteiger partial charge in [0.25, 0.3) is 0 Å². The lowest BCUT2D eigenvalue weighted by Crippen LogP contribution is -2.50. The Labute approximate surface area is 138 Å². The molecule has 1 fully saturated rings. The van der Waals surface area contributed by atoms with Crippen molar-refractivity contribution in [2.75, 3.05) is 57.9 Å². The molecule has 1 N–H and O–H groups in total. The van der Waals surface area contributed by atoms with Gasteiger partial charge in [-0.1, -0.05) is 18.2 Å². The standard InChI is InChI=1S/C16H26N2O4S/c1-23(20,21)12-11-17-7-9-18(10-8-17)13-15(19)14-22-16-5-3-2-4-6-16/h2-6,15,19H,7-14H2,1H3/t15-/m1/s1.